The summed E-state index contributed by atoms with van der Waals surface area (Å²) >= 11 is 16.2. The molecule has 1 aliphatic heterocycles. The standard InChI is InChI=1S/C15H11BrCl2O2/c16-15(14-10(17)2-1-3-11(14)18)9-4-5-12-13(8-9)20-7-6-19-12/h1-5,8,15H,6-7H2. The van der Waals surface area contributed by atoms with Crippen molar-refractivity contribution < 1.29 is 9.47 Å². The lowest BCUT2D eigenvalue weighted by Crippen LogP contribution is -2.15. The smallest absolute Gasteiger partial charge is 0.161 e. The van der Waals surface area contributed by atoms with Crippen LogP contribution in [-0.2, 0) is 0 Å². The third-order valence-electron chi connectivity index (χ3n) is 3.11. The monoisotopic (exact) mass is 372 g/mol. The van der Waals surface area contributed by atoms with Crippen molar-refractivity contribution >= 4 is 39.1 Å². The van der Waals surface area contributed by atoms with Crippen LogP contribution >= 0.6 is 39.1 Å². The molecule has 2 aromatic carbocycles. The Morgan fingerprint density at radius 1 is 0.950 bits per heavy atom. The third-order valence-corrected chi connectivity index (χ3v) is 4.76. The minimum absolute atomic E-state index is 0.0977. The van der Waals surface area contributed by atoms with Crippen molar-refractivity contribution in [2.24, 2.45) is 0 Å². The molecular formula is C15H11BrCl2O2. The molecule has 0 spiro atoms. The summed E-state index contributed by atoms with van der Waals surface area (Å²) in [6.07, 6.45) is 0. The average Bonchev–Trinajstić information content (AvgIpc) is 2.46. The van der Waals surface area contributed by atoms with Gasteiger partial charge in [0.25, 0.3) is 0 Å². The van der Waals surface area contributed by atoms with E-state index in [2.05, 4.69) is 15.9 Å². The lowest BCUT2D eigenvalue weighted by Gasteiger charge is -2.21. The largest absolute Gasteiger partial charge is 0.486 e. The van der Waals surface area contributed by atoms with Gasteiger partial charge in [-0.2, -0.15) is 0 Å². The summed E-state index contributed by atoms with van der Waals surface area (Å²) in [5, 5.41) is 1.27. The molecular weight excluding hydrogens is 363 g/mol. The maximum Gasteiger partial charge on any atom is 0.161 e. The van der Waals surface area contributed by atoms with E-state index in [1.807, 2.05) is 36.4 Å². The Balaban J connectivity index is 2.00. The Morgan fingerprint density at radius 3 is 2.30 bits per heavy atom. The van der Waals surface area contributed by atoms with Crippen molar-refractivity contribution in [1.29, 1.82) is 0 Å². The number of hydrogen-bond acceptors (Lipinski definition) is 2. The van der Waals surface area contributed by atoms with Gasteiger partial charge < -0.3 is 9.47 Å². The molecule has 5 heteroatoms. The summed E-state index contributed by atoms with van der Waals surface area (Å²) < 4.78 is 11.1. The van der Waals surface area contributed by atoms with Crippen molar-refractivity contribution in [2.45, 2.75) is 4.83 Å². The molecule has 0 aromatic heterocycles. The molecule has 1 atom stereocenters. The first-order valence-electron chi connectivity index (χ1n) is 6.14. The first-order valence-corrected chi connectivity index (χ1v) is 7.81. The molecule has 0 N–H and O–H groups in total. The summed E-state index contributed by atoms with van der Waals surface area (Å²) in [6.45, 7) is 1.15. The Bertz CT molecular complexity index is 626. The summed E-state index contributed by atoms with van der Waals surface area (Å²) in [5.74, 6) is 1.52. The Kier molecular flexibility index (Phi) is 4.11. The predicted molar refractivity (Wildman–Crippen MR) is 84.7 cm³/mol. The van der Waals surface area contributed by atoms with E-state index in [1.54, 1.807) is 0 Å². The summed E-state index contributed by atoms with van der Waals surface area (Å²) in [5.41, 5.74) is 1.87. The molecule has 3 rings (SSSR count). The van der Waals surface area contributed by atoms with Gasteiger partial charge in [-0.15, -0.1) is 0 Å². The summed E-state index contributed by atoms with van der Waals surface area (Å²) in [4.78, 5) is -0.0977. The van der Waals surface area contributed by atoms with Crippen molar-refractivity contribution in [3.05, 3.63) is 57.6 Å². The molecule has 0 aliphatic carbocycles. The fourth-order valence-corrected chi connectivity index (χ4v) is 3.79. The van der Waals surface area contributed by atoms with E-state index in [9.17, 15) is 0 Å². The van der Waals surface area contributed by atoms with Crippen molar-refractivity contribution in [3.8, 4) is 11.5 Å². The molecule has 104 valence electrons. The molecule has 0 saturated carbocycles. The number of fused-ring (bicyclic) bond motifs is 1. The van der Waals surface area contributed by atoms with Crippen LogP contribution in [-0.4, -0.2) is 13.2 Å². The zero-order valence-corrected chi connectivity index (χ0v) is 13.5. The highest BCUT2D eigenvalue weighted by molar-refractivity contribution is 9.09. The number of alkyl halides is 1. The lowest BCUT2D eigenvalue weighted by molar-refractivity contribution is 0.171. The van der Waals surface area contributed by atoms with Crippen LogP contribution in [0.15, 0.2) is 36.4 Å². The third kappa shape index (κ3) is 2.62. The highest BCUT2D eigenvalue weighted by Crippen LogP contribution is 2.42. The van der Waals surface area contributed by atoms with Crippen molar-refractivity contribution in [2.75, 3.05) is 13.2 Å². The van der Waals surface area contributed by atoms with Crippen LogP contribution in [0.2, 0.25) is 10.0 Å². The SMILES string of the molecule is Clc1cccc(Cl)c1C(Br)c1ccc2c(c1)OCCO2. The van der Waals surface area contributed by atoms with Gasteiger partial charge in [-0.05, 0) is 29.8 Å². The Hall–Kier alpha value is -0.900. The molecule has 1 aliphatic rings. The highest BCUT2D eigenvalue weighted by Gasteiger charge is 2.20. The van der Waals surface area contributed by atoms with Gasteiger partial charge in [0.2, 0.25) is 0 Å². The molecule has 0 radical (unpaired) electrons. The Morgan fingerprint density at radius 2 is 1.60 bits per heavy atom. The first kappa shape index (κ1) is 14.1. The van der Waals surface area contributed by atoms with Gasteiger partial charge in [0.1, 0.15) is 13.2 Å². The van der Waals surface area contributed by atoms with E-state index in [0.29, 0.717) is 23.3 Å². The van der Waals surface area contributed by atoms with E-state index in [4.69, 9.17) is 32.7 Å². The molecule has 0 fully saturated rings. The second-order valence-electron chi connectivity index (χ2n) is 4.40. The zero-order chi connectivity index (χ0) is 14.1. The van der Waals surface area contributed by atoms with E-state index < -0.39 is 0 Å². The quantitative estimate of drug-likeness (QED) is 0.669. The fourth-order valence-electron chi connectivity index (χ4n) is 2.14. The minimum Gasteiger partial charge on any atom is -0.486 e. The van der Waals surface area contributed by atoms with Crippen LogP contribution in [0, 0.1) is 0 Å². The van der Waals surface area contributed by atoms with Crippen LogP contribution < -0.4 is 9.47 Å². The topological polar surface area (TPSA) is 18.5 Å². The maximum atomic E-state index is 6.25. The fraction of sp³-hybridized carbons (Fsp3) is 0.200. The van der Waals surface area contributed by atoms with Gasteiger partial charge in [-0.25, -0.2) is 0 Å². The molecule has 1 unspecified atom stereocenters. The number of halogens is 3. The van der Waals surface area contributed by atoms with Crippen LogP contribution in [0.1, 0.15) is 16.0 Å². The normalized spacial score (nSPS) is 14.9. The van der Waals surface area contributed by atoms with Gasteiger partial charge in [0, 0.05) is 15.6 Å². The van der Waals surface area contributed by atoms with Gasteiger partial charge >= 0.3 is 0 Å². The number of hydrogen-bond donors (Lipinski definition) is 0. The van der Waals surface area contributed by atoms with Gasteiger partial charge in [-0.3, -0.25) is 0 Å². The van der Waals surface area contributed by atoms with Gasteiger partial charge in [-0.1, -0.05) is 51.3 Å². The van der Waals surface area contributed by atoms with Crippen LogP contribution in [0.4, 0.5) is 0 Å². The molecule has 2 nitrogen and oxygen atoms in total. The summed E-state index contributed by atoms with van der Waals surface area (Å²) in [6, 6.07) is 11.3. The van der Waals surface area contributed by atoms with E-state index in [0.717, 1.165) is 22.6 Å². The summed E-state index contributed by atoms with van der Waals surface area (Å²) in [7, 11) is 0. The van der Waals surface area contributed by atoms with E-state index >= 15 is 0 Å². The number of rotatable bonds is 2. The molecule has 0 amide bonds. The molecule has 0 bridgehead atoms. The van der Waals surface area contributed by atoms with Crippen molar-refractivity contribution in [3.63, 3.8) is 0 Å². The average molecular weight is 374 g/mol. The van der Waals surface area contributed by atoms with Gasteiger partial charge in [0.05, 0.1) is 4.83 Å². The van der Waals surface area contributed by atoms with Crippen LogP contribution in [0.5, 0.6) is 11.5 Å². The molecule has 2 aromatic rings. The van der Waals surface area contributed by atoms with Gasteiger partial charge in [0.15, 0.2) is 11.5 Å². The maximum absolute atomic E-state index is 6.25. The Labute approximate surface area is 135 Å². The molecule has 20 heavy (non-hydrogen) atoms. The second-order valence-corrected chi connectivity index (χ2v) is 6.13. The van der Waals surface area contributed by atoms with Crippen LogP contribution in [0.25, 0.3) is 0 Å². The number of benzene rings is 2. The second kappa shape index (κ2) is 5.84. The predicted octanol–water partition coefficient (Wildman–Crippen LogP) is 5.25. The lowest BCUT2D eigenvalue weighted by atomic mass is 10.0. The highest BCUT2D eigenvalue weighted by atomic mass is 79.9. The van der Waals surface area contributed by atoms with E-state index in [-0.39, 0.29) is 4.83 Å². The first-order chi connectivity index (χ1) is 9.66. The molecule has 0 saturated heterocycles. The minimum atomic E-state index is -0.0977. The van der Waals surface area contributed by atoms with Crippen LogP contribution in [0.3, 0.4) is 0 Å². The number of ether oxygens (including phenoxy) is 2. The van der Waals surface area contributed by atoms with E-state index in [1.165, 1.54) is 0 Å². The van der Waals surface area contributed by atoms with Crippen molar-refractivity contribution in [1.82, 2.24) is 0 Å². The zero-order valence-electron chi connectivity index (χ0n) is 10.4. The molecule has 1 heterocycles.